The molecule has 0 aliphatic heterocycles. The summed E-state index contributed by atoms with van der Waals surface area (Å²) in [6.45, 7) is 2.49. The van der Waals surface area contributed by atoms with Gasteiger partial charge >= 0.3 is 0 Å². The Morgan fingerprint density at radius 1 is 1.35 bits per heavy atom. The maximum absolute atomic E-state index is 9.43. The molecule has 1 aromatic heterocycles. The number of rotatable bonds is 5. The van der Waals surface area contributed by atoms with Gasteiger partial charge in [-0.15, -0.1) is 0 Å². The number of ether oxygens (including phenoxy) is 1. The van der Waals surface area contributed by atoms with Crippen LogP contribution in [0.15, 0.2) is 24.3 Å². The predicted octanol–water partition coefficient (Wildman–Crippen LogP) is 1.98. The lowest BCUT2D eigenvalue weighted by atomic mass is 10.1. The Labute approximate surface area is 135 Å². The zero-order chi connectivity index (χ0) is 16.8. The van der Waals surface area contributed by atoms with E-state index in [9.17, 15) is 5.26 Å². The summed E-state index contributed by atoms with van der Waals surface area (Å²) in [5, 5.41) is 9.43. The number of allylic oxidation sites excluding steroid dienone is 1. The van der Waals surface area contributed by atoms with Gasteiger partial charge in [0.25, 0.3) is 0 Å². The Bertz CT molecular complexity index is 763. The molecule has 0 saturated heterocycles. The highest BCUT2D eigenvalue weighted by molar-refractivity contribution is 5.87. The molecule has 0 unspecified atom stereocenters. The molecule has 7 nitrogen and oxygen atoms in total. The SMILES string of the molecule is CCOc1cccc(C=C(C#N)c2nc(N)nc(N(C)C)n2)c1. The van der Waals surface area contributed by atoms with Crippen molar-refractivity contribution < 1.29 is 4.74 Å². The van der Waals surface area contributed by atoms with Crippen molar-refractivity contribution in [3.63, 3.8) is 0 Å². The molecule has 0 radical (unpaired) electrons. The Balaban J connectivity index is 2.44. The fraction of sp³-hybridized carbons (Fsp3) is 0.250. The Morgan fingerprint density at radius 3 is 2.78 bits per heavy atom. The van der Waals surface area contributed by atoms with Crippen LogP contribution in [0, 0.1) is 11.3 Å². The molecule has 2 rings (SSSR count). The van der Waals surface area contributed by atoms with Gasteiger partial charge in [-0.1, -0.05) is 12.1 Å². The number of benzene rings is 1. The highest BCUT2D eigenvalue weighted by atomic mass is 16.5. The van der Waals surface area contributed by atoms with Gasteiger partial charge in [0.2, 0.25) is 11.9 Å². The number of nitrogen functional groups attached to an aromatic ring is 1. The van der Waals surface area contributed by atoms with Crippen molar-refractivity contribution in [3.05, 3.63) is 35.7 Å². The quantitative estimate of drug-likeness (QED) is 0.842. The van der Waals surface area contributed by atoms with E-state index in [2.05, 4.69) is 21.0 Å². The first-order chi connectivity index (χ1) is 11.0. The molecule has 7 heteroatoms. The van der Waals surface area contributed by atoms with Crippen molar-refractivity contribution in [2.24, 2.45) is 0 Å². The second-order valence-electron chi connectivity index (χ2n) is 4.89. The van der Waals surface area contributed by atoms with Crippen LogP contribution in [0.4, 0.5) is 11.9 Å². The first-order valence-electron chi connectivity index (χ1n) is 7.07. The van der Waals surface area contributed by atoms with Crippen LogP contribution in [0.25, 0.3) is 11.6 Å². The second-order valence-corrected chi connectivity index (χ2v) is 4.89. The van der Waals surface area contributed by atoms with E-state index in [4.69, 9.17) is 10.5 Å². The molecule has 1 heterocycles. The van der Waals surface area contributed by atoms with E-state index in [1.807, 2.05) is 31.2 Å². The van der Waals surface area contributed by atoms with E-state index >= 15 is 0 Å². The predicted molar refractivity (Wildman–Crippen MR) is 89.7 cm³/mol. The highest BCUT2D eigenvalue weighted by Crippen LogP contribution is 2.20. The number of hydrogen-bond acceptors (Lipinski definition) is 7. The molecule has 0 fully saturated rings. The maximum atomic E-state index is 9.43. The molecule has 1 aromatic carbocycles. The minimum atomic E-state index is 0.0721. The lowest BCUT2D eigenvalue weighted by molar-refractivity contribution is 0.340. The van der Waals surface area contributed by atoms with Crippen LogP contribution in [0.3, 0.4) is 0 Å². The molecule has 0 spiro atoms. The Kier molecular flexibility index (Phi) is 5.10. The molecular weight excluding hydrogens is 292 g/mol. The third kappa shape index (κ3) is 4.17. The molecule has 0 bridgehead atoms. The number of hydrogen-bond donors (Lipinski definition) is 1. The van der Waals surface area contributed by atoms with E-state index in [0.717, 1.165) is 11.3 Å². The Morgan fingerprint density at radius 2 is 2.13 bits per heavy atom. The fourth-order valence-electron chi connectivity index (χ4n) is 1.88. The van der Waals surface area contributed by atoms with Crippen molar-refractivity contribution in [3.8, 4) is 11.8 Å². The summed E-state index contributed by atoms with van der Waals surface area (Å²) in [6.07, 6.45) is 1.69. The third-order valence-corrected chi connectivity index (χ3v) is 2.88. The number of aromatic nitrogens is 3. The largest absolute Gasteiger partial charge is 0.494 e. The zero-order valence-corrected chi connectivity index (χ0v) is 13.3. The summed E-state index contributed by atoms with van der Waals surface area (Å²) in [5.41, 5.74) is 6.82. The van der Waals surface area contributed by atoms with E-state index in [1.165, 1.54) is 0 Å². The number of anilines is 2. The molecule has 0 aliphatic rings. The van der Waals surface area contributed by atoms with Gasteiger partial charge in [-0.05, 0) is 30.7 Å². The minimum absolute atomic E-state index is 0.0721. The number of nitrogens with two attached hydrogens (primary N) is 1. The van der Waals surface area contributed by atoms with Crippen molar-refractivity contribution in [1.29, 1.82) is 5.26 Å². The van der Waals surface area contributed by atoms with Gasteiger partial charge in [0.15, 0.2) is 5.82 Å². The van der Waals surface area contributed by atoms with E-state index in [1.54, 1.807) is 25.1 Å². The third-order valence-electron chi connectivity index (χ3n) is 2.88. The standard InChI is InChI=1S/C16H18N6O/c1-4-23-13-7-5-6-11(9-13)8-12(10-17)14-19-15(18)21-16(20-14)22(2)3/h5-9H,4H2,1-3H3,(H2,18,19,20,21). The Hall–Kier alpha value is -3.14. The highest BCUT2D eigenvalue weighted by Gasteiger charge is 2.11. The van der Waals surface area contributed by atoms with E-state index in [0.29, 0.717) is 18.1 Å². The average Bonchev–Trinajstić information content (AvgIpc) is 2.52. The molecule has 0 atom stereocenters. The van der Waals surface area contributed by atoms with E-state index in [-0.39, 0.29) is 11.8 Å². The monoisotopic (exact) mass is 310 g/mol. The lowest BCUT2D eigenvalue weighted by Crippen LogP contribution is -2.15. The van der Waals surface area contributed by atoms with Crippen LogP contribution in [0.1, 0.15) is 18.3 Å². The van der Waals surface area contributed by atoms with Gasteiger partial charge in [-0.25, -0.2) is 0 Å². The summed E-state index contributed by atoms with van der Waals surface area (Å²) in [4.78, 5) is 14.0. The van der Waals surface area contributed by atoms with Gasteiger partial charge in [0.05, 0.1) is 12.2 Å². The molecule has 118 valence electrons. The van der Waals surface area contributed by atoms with Gasteiger partial charge in [-0.2, -0.15) is 20.2 Å². The average molecular weight is 310 g/mol. The first-order valence-corrected chi connectivity index (χ1v) is 7.07. The van der Waals surface area contributed by atoms with Gasteiger partial charge in [0, 0.05) is 14.1 Å². The number of nitriles is 1. The number of nitrogens with zero attached hydrogens (tertiary/aromatic N) is 5. The zero-order valence-electron chi connectivity index (χ0n) is 13.3. The fourth-order valence-corrected chi connectivity index (χ4v) is 1.88. The van der Waals surface area contributed by atoms with Crippen LogP contribution in [-0.2, 0) is 0 Å². The van der Waals surface area contributed by atoms with E-state index < -0.39 is 0 Å². The summed E-state index contributed by atoms with van der Waals surface area (Å²) >= 11 is 0. The van der Waals surface area contributed by atoms with Gasteiger partial charge in [-0.3, -0.25) is 0 Å². The van der Waals surface area contributed by atoms with Crippen molar-refractivity contribution in [2.75, 3.05) is 31.3 Å². The van der Waals surface area contributed by atoms with Crippen molar-refractivity contribution >= 4 is 23.5 Å². The summed E-state index contributed by atoms with van der Waals surface area (Å²) < 4.78 is 5.46. The minimum Gasteiger partial charge on any atom is -0.494 e. The molecule has 23 heavy (non-hydrogen) atoms. The molecule has 0 aliphatic carbocycles. The summed E-state index contributed by atoms with van der Waals surface area (Å²) in [7, 11) is 3.58. The molecule has 2 N–H and O–H groups in total. The van der Waals surface area contributed by atoms with Crippen LogP contribution < -0.4 is 15.4 Å². The smallest absolute Gasteiger partial charge is 0.230 e. The summed E-state index contributed by atoms with van der Waals surface area (Å²) in [6, 6.07) is 9.54. The van der Waals surface area contributed by atoms with Crippen LogP contribution >= 0.6 is 0 Å². The molecule has 2 aromatic rings. The topological polar surface area (TPSA) is 101 Å². The first kappa shape index (κ1) is 16.2. The van der Waals surface area contributed by atoms with Crippen molar-refractivity contribution in [1.82, 2.24) is 15.0 Å². The van der Waals surface area contributed by atoms with Gasteiger partial charge in [0.1, 0.15) is 11.8 Å². The molecular formula is C16H18N6O. The van der Waals surface area contributed by atoms with Crippen LogP contribution in [0.5, 0.6) is 5.75 Å². The summed E-state index contributed by atoms with van der Waals surface area (Å²) in [5.74, 6) is 1.45. The maximum Gasteiger partial charge on any atom is 0.230 e. The van der Waals surface area contributed by atoms with Gasteiger partial charge < -0.3 is 15.4 Å². The second kappa shape index (κ2) is 7.22. The molecule has 0 amide bonds. The normalized spacial score (nSPS) is 11.0. The van der Waals surface area contributed by atoms with Crippen molar-refractivity contribution in [2.45, 2.75) is 6.92 Å². The van der Waals surface area contributed by atoms with Crippen LogP contribution in [-0.4, -0.2) is 35.7 Å². The molecule has 0 saturated carbocycles. The van der Waals surface area contributed by atoms with Crippen LogP contribution in [0.2, 0.25) is 0 Å². The lowest BCUT2D eigenvalue weighted by Gasteiger charge is -2.11.